The number of rotatable bonds is 5. The van der Waals surface area contributed by atoms with Gasteiger partial charge >= 0.3 is 5.97 Å². The lowest BCUT2D eigenvalue weighted by atomic mass is 10.3. The summed E-state index contributed by atoms with van der Waals surface area (Å²) < 4.78 is 1.39. The molecule has 1 aromatic rings. The Labute approximate surface area is 91.5 Å². The van der Waals surface area contributed by atoms with Crippen LogP contribution in [0.2, 0.25) is 0 Å². The Balaban J connectivity index is 2.40. The van der Waals surface area contributed by atoms with Crippen molar-refractivity contribution in [2.24, 2.45) is 0 Å². The summed E-state index contributed by atoms with van der Waals surface area (Å²) >= 11 is 0. The normalized spacial score (nSPS) is 9.75. The minimum atomic E-state index is -1.09. The zero-order chi connectivity index (χ0) is 12.0. The second-order valence-corrected chi connectivity index (χ2v) is 3.15. The van der Waals surface area contributed by atoms with Gasteiger partial charge in [-0.1, -0.05) is 6.07 Å². The van der Waals surface area contributed by atoms with Crippen LogP contribution in [0.15, 0.2) is 29.2 Å². The Hall–Kier alpha value is -2.11. The second-order valence-electron chi connectivity index (χ2n) is 3.15. The van der Waals surface area contributed by atoms with Gasteiger partial charge in [-0.05, 0) is 6.07 Å². The van der Waals surface area contributed by atoms with Crippen LogP contribution in [-0.2, 0) is 16.1 Å². The molecule has 1 aromatic heterocycles. The molecule has 0 saturated heterocycles. The number of hydrogen-bond acceptors (Lipinski definition) is 3. The number of amides is 1. The summed E-state index contributed by atoms with van der Waals surface area (Å²) in [5, 5.41) is 10.5. The van der Waals surface area contributed by atoms with Gasteiger partial charge in [0, 0.05) is 25.2 Å². The van der Waals surface area contributed by atoms with Gasteiger partial charge in [-0.2, -0.15) is 0 Å². The largest absolute Gasteiger partial charge is 0.480 e. The lowest BCUT2D eigenvalue weighted by molar-refractivity contribution is -0.137. The van der Waals surface area contributed by atoms with Crippen LogP contribution in [0.5, 0.6) is 0 Å². The molecular weight excluding hydrogens is 212 g/mol. The van der Waals surface area contributed by atoms with E-state index in [2.05, 4.69) is 5.32 Å². The number of aromatic nitrogens is 1. The van der Waals surface area contributed by atoms with Crippen LogP contribution in [-0.4, -0.2) is 28.1 Å². The quantitative estimate of drug-likeness (QED) is 0.701. The van der Waals surface area contributed by atoms with Crippen molar-refractivity contribution in [3.05, 3.63) is 34.7 Å². The van der Waals surface area contributed by atoms with E-state index in [4.69, 9.17) is 5.11 Å². The number of carboxylic acid groups (broad SMARTS) is 1. The Morgan fingerprint density at radius 2 is 2.12 bits per heavy atom. The average molecular weight is 224 g/mol. The zero-order valence-corrected chi connectivity index (χ0v) is 8.55. The standard InChI is InChI=1S/C10H12N2O4/c13-8(11-7-10(15)16)4-6-12-5-2-1-3-9(12)14/h1-3,5H,4,6-7H2,(H,11,13)(H,15,16). The van der Waals surface area contributed by atoms with Gasteiger partial charge in [0.25, 0.3) is 5.56 Å². The van der Waals surface area contributed by atoms with Crippen molar-refractivity contribution in [3.8, 4) is 0 Å². The van der Waals surface area contributed by atoms with Crippen molar-refractivity contribution in [2.45, 2.75) is 13.0 Å². The van der Waals surface area contributed by atoms with Gasteiger partial charge in [0.05, 0.1) is 0 Å². The number of aryl methyl sites for hydroxylation is 1. The fraction of sp³-hybridized carbons (Fsp3) is 0.300. The molecule has 1 amide bonds. The van der Waals surface area contributed by atoms with E-state index in [0.29, 0.717) is 0 Å². The summed E-state index contributed by atoms with van der Waals surface area (Å²) in [6.07, 6.45) is 1.66. The molecule has 2 N–H and O–H groups in total. The van der Waals surface area contributed by atoms with E-state index < -0.39 is 18.4 Å². The summed E-state index contributed by atoms with van der Waals surface area (Å²) in [7, 11) is 0. The van der Waals surface area contributed by atoms with Crippen molar-refractivity contribution >= 4 is 11.9 Å². The molecule has 0 aromatic carbocycles. The first-order valence-electron chi connectivity index (χ1n) is 4.73. The molecule has 6 heteroatoms. The molecule has 1 rings (SSSR count). The maximum atomic E-state index is 11.2. The van der Waals surface area contributed by atoms with Gasteiger partial charge in [-0.25, -0.2) is 0 Å². The van der Waals surface area contributed by atoms with E-state index in [-0.39, 0.29) is 18.5 Å². The molecule has 0 aliphatic rings. The van der Waals surface area contributed by atoms with Crippen LogP contribution < -0.4 is 10.9 Å². The van der Waals surface area contributed by atoms with Crippen LogP contribution in [0.3, 0.4) is 0 Å². The van der Waals surface area contributed by atoms with Crippen LogP contribution in [0.4, 0.5) is 0 Å². The minimum Gasteiger partial charge on any atom is -0.480 e. The number of pyridine rings is 1. The Morgan fingerprint density at radius 3 is 2.75 bits per heavy atom. The third-order valence-corrected chi connectivity index (χ3v) is 1.92. The van der Waals surface area contributed by atoms with Crippen molar-refractivity contribution in [1.82, 2.24) is 9.88 Å². The lowest BCUT2D eigenvalue weighted by Gasteiger charge is -2.04. The summed E-state index contributed by atoms with van der Waals surface area (Å²) in [6, 6.07) is 4.70. The first kappa shape index (κ1) is 12.0. The smallest absolute Gasteiger partial charge is 0.322 e. The topological polar surface area (TPSA) is 88.4 Å². The van der Waals surface area contributed by atoms with Gasteiger partial charge in [0.2, 0.25) is 5.91 Å². The molecule has 0 unspecified atom stereocenters. The minimum absolute atomic E-state index is 0.0806. The molecule has 16 heavy (non-hydrogen) atoms. The highest BCUT2D eigenvalue weighted by Gasteiger charge is 2.04. The van der Waals surface area contributed by atoms with Crippen molar-refractivity contribution in [1.29, 1.82) is 0 Å². The van der Waals surface area contributed by atoms with Gasteiger partial charge in [-0.3, -0.25) is 14.4 Å². The molecule has 6 nitrogen and oxygen atoms in total. The van der Waals surface area contributed by atoms with Crippen LogP contribution in [0.25, 0.3) is 0 Å². The number of nitrogens with zero attached hydrogens (tertiary/aromatic N) is 1. The van der Waals surface area contributed by atoms with E-state index >= 15 is 0 Å². The number of carbonyl (C=O) groups excluding carboxylic acids is 1. The fourth-order valence-corrected chi connectivity index (χ4v) is 1.13. The number of nitrogens with one attached hydrogen (secondary N) is 1. The number of hydrogen-bond donors (Lipinski definition) is 2. The predicted octanol–water partition coefficient (Wildman–Crippen LogP) is -0.561. The maximum absolute atomic E-state index is 11.2. The number of carbonyl (C=O) groups is 2. The molecule has 0 bridgehead atoms. The second kappa shape index (κ2) is 5.69. The van der Waals surface area contributed by atoms with Gasteiger partial charge in [-0.15, -0.1) is 0 Å². The Bertz CT molecular complexity index is 438. The first-order chi connectivity index (χ1) is 7.59. The van der Waals surface area contributed by atoms with E-state index in [9.17, 15) is 14.4 Å². The summed E-state index contributed by atoms with van der Waals surface area (Å²) in [5.41, 5.74) is -0.187. The van der Waals surface area contributed by atoms with Crippen LogP contribution in [0.1, 0.15) is 6.42 Å². The summed E-state index contributed by atoms with van der Waals surface area (Å²) in [5.74, 6) is -1.48. The molecule has 0 fully saturated rings. The zero-order valence-electron chi connectivity index (χ0n) is 8.55. The van der Waals surface area contributed by atoms with E-state index in [1.165, 1.54) is 10.6 Å². The molecule has 0 atom stereocenters. The third-order valence-electron chi connectivity index (χ3n) is 1.92. The van der Waals surface area contributed by atoms with Gasteiger partial charge < -0.3 is 15.0 Å². The monoisotopic (exact) mass is 224 g/mol. The average Bonchev–Trinajstić information content (AvgIpc) is 2.25. The fourth-order valence-electron chi connectivity index (χ4n) is 1.13. The third kappa shape index (κ3) is 3.95. The van der Waals surface area contributed by atoms with Gasteiger partial charge in [0.1, 0.15) is 6.54 Å². The highest BCUT2D eigenvalue weighted by molar-refractivity contribution is 5.80. The highest BCUT2D eigenvalue weighted by Crippen LogP contribution is 1.87. The van der Waals surface area contributed by atoms with Gasteiger partial charge in [0.15, 0.2) is 0 Å². The van der Waals surface area contributed by atoms with Crippen molar-refractivity contribution in [2.75, 3.05) is 6.54 Å². The summed E-state index contributed by atoms with van der Waals surface area (Å²) in [6.45, 7) is -0.159. The van der Waals surface area contributed by atoms with E-state index in [0.717, 1.165) is 0 Å². The van der Waals surface area contributed by atoms with Crippen molar-refractivity contribution in [3.63, 3.8) is 0 Å². The molecule has 0 aliphatic carbocycles. The Kier molecular flexibility index (Phi) is 4.26. The lowest BCUT2D eigenvalue weighted by Crippen LogP contribution is -2.30. The van der Waals surface area contributed by atoms with Crippen LogP contribution >= 0.6 is 0 Å². The molecule has 0 saturated carbocycles. The highest BCUT2D eigenvalue weighted by atomic mass is 16.4. The first-order valence-corrected chi connectivity index (χ1v) is 4.73. The van der Waals surface area contributed by atoms with Crippen LogP contribution in [0, 0.1) is 0 Å². The van der Waals surface area contributed by atoms with E-state index in [1.807, 2.05) is 0 Å². The summed E-state index contributed by atoms with van der Waals surface area (Å²) in [4.78, 5) is 32.5. The Morgan fingerprint density at radius 1 is 1.38 bits per heavy atom. The molecule has 0 spiro atoms. The SMILES string of the molecule is O=C(O)CNC(=O)CCn1ccccc1=O. The molecule has 86 valence electrons. The number of carboxylic acids is 1. The molecular formula is C10H12N2O4. The maximum Gasteiger partial charge on any atom is 0.322 e. The van der Waals surface area contributed by atoms with Crippen molar-refractivity contribution < 1.29 is 14.7 Å². The number of aliphatic carboxylic acids is 1. The predicted molar refractivity (Wildman–Crippen MR) is 56.0 cm³/mol. The molecule has 0 radical (unpaired) electrons. The molecule has 0 aliphatic heterocycles. The van der Waals surface area contributed by atoms with E-state index in [1.54, 1.807) is 18.3 Å². The molecule has 1 heterocycles.